The summed E-state index contributed by atoms with van der Waals surface area (Å²) in [6.45, 7) is -0.000427. The summed E-state index contributed by atoms with van der Waals surface area (Å²) >= 11 is 6.03. The molecule has 5 heteroatoms. The van der Waals surface area contributed by atoms with E-state index in [0.717, 1.165) is 18.5 Å². The van der Waals surface area contributed by atoms with Gasteiger partial charge in [-0.25, -0.2) is 4.98 Å². The smallest absolute Gasteiger partial charge is 0.171 e. The quantitative estimate of drug-likeness (QED) is 0.594. The first-order valence-corrected chi connectivity index (χ1v) is 5.89. The Balaban J connectivity index is 2.22. The summed E-state index contributed by atoms with van der Waals surface area (Å²) in [6.07, 6.45) is 2.88. The van der Waals surface area contributed by atoms with E-state index in [0.29, 0.717) is 17.2 Å². The summed E-state index contributed by atoms with van der Waals surface area (Å²) in [5.41, 5.74) is 0.998. The van der Waals surface area contributed by atoms with Gasteiger partial charge in [0.1, 0.15) is 6.61 Å². The highest BCUT2D eigenvalue weighted by Gasteiger charge is 2.47. The lowest BCUT2D eigenvalue weighted by atomic mass is 10.1. The Hall–Kier alpha value is -1.13. The summed E-state index contributed by atoms with van der Waals surface area (Å²) in [7, 11) is 4.08. The molecule has 1 fully saturated rings. The standard InChI is InChI=1S/C12H15ClN2O2/c1-15(2)12(5-6-12)10-4-3-9(11(13)14-10)17-8-7-16/h3-4,7H,5-6,8H2,1-2H3. The third-order valence-corrected chi connectivity index (χ3v) is 3.45. The van der Waals surface area contributed by atoms with Crippen molar-refractivity contribution in [3.63, 3.8) is 0 Å². The Morgan fingerprint density at radius 1 is 1.53 bits per heavy atom. The number of ether oxygens (including phenoxy) is 1. The molecule has 0 bridgehead atoms. The molecule has 0 unspecified atom stereocenters. The van der Waals surface area contributed by atoms with Gasteiger partial charge in [0.05, 0.1) is 11.2 Å². The maximum Gasteiger partial charge on any atom is 0.171 e. The second-order valence-electron chi connectivity index (χ2n) is 4.39. The van der Waals surface area contributed by atoms with Crippen molar-refractivity contribution in [1.29, 1.82) is 0 Å². The molecule has 0 spiro atoms. The van der Waals surface area contributed by atoms with Crippen LogP contribution in [-0.2, 0) is 10.3 Å². The van der Waals surface area contributed by atoms with Crippen LogP contribution in [0.1, 0.15) is 18.5 Å². The maximum atomic E-state index is 10.2. The topological polar surface area (TPSA) is 42.4 Å². The molecule has 0 N–H and O–H groups in total. The fraction of sp³-hybridized carbons (Fsp3) is 0.500. The van der Waals surface area contributed by atoms with Crippen molar-refractivity contribution in [2.75, 3.05) is 20.7 Å². The Labute approximate surface area is 106 Å². The predicted molar refractivity (Wildman–Crippen MR) is 65.4 cm³/mol. The number of halogens is 1. The van der Waals surface area contributed by atoms with Gasteiger partial charge in [-0.05, 0) is 39.1 Å². The number of aromatic nitrogens is 1. The van der Waals surface area contributed by atoms with Crippen molar-refractivity contribution < 1.29 is 9.53 Å². The molecule has 1 aromatic rings. The zero-order valence-electron chi connectivity index (χ0n) is 9.94. The highest BCUT2D eigenvalue weighted by atomic mass is 35.5. The molecule has 0 aliphatic heterocycles. The monoisotopic (exact) mass is 254 g/mol. The van der Waals surface area contributed by atoms with Crippen LogP contribution < -0.4 is 4.74 Å². The molecule has 1 saturated carbocycles. The van der Waals surface area contributed by atoms with Gasteiger partial charge in [-0.15, -0.1) is 0 Å². The van der Waals surface area contributed by atoms with E-state index in [2.05, 4.69) is 9.88 Å². The number of nitrogens with zero attached hydrogens (tertiary/aromatic N) is 2. The van der Waals surface area contributed by atoms with Crippen LogP contribution in [0.3, 0.4) is 0 Å². The zero-order chi connectivity index (χ0) is 12.5. The van der Waals surface area contributed by atoms with Gasteiger partial charge < -0.3 is 4.74 Å². The number of rotatable bonds is 5. The normalized spacial score (nSPS) is 16.9. The molecule has 1 aliphatic carbocycles. The Kier molecular flexibility index (Phi) is 3.35. The van der Waals surface area contributed by atoms with Gasteiger partial charge in [-0.3, -0.25) is 9.69 Å². The molecular weight excluding hydrogens is 240 g/mol. The van der Waals surface area contributed by atoms with Gasteiger partial charge in [-0.1, -0.05) is 11.6 Å². The molecule has 92 valence electrons. The average Bonchev–Trinajstić information content (AvgIpc) is 3.08. The summed E-state index contributed by atoms with van der Waals surface area (Å²) in [5.74, 6) is 0.456. The van der Waals surface area contributed by atoms with Gasteiger partial charge >= 0.3 is 0 Å². The molecule has 1 aromatic heterocycles. The minimum absolute atomic E-state index is 0.000427. The average molecular weight is 255 g/mol. The van der Waals surface area contributed by atoms with Crippen LogP contribution in [0.15, 0.2) is 12.1 Å². The van der Waals surface area contributed by atoms with Crippen molar-refractivity contribution in [2.24, 2.45) is 0 Å². The van der Waals surface area contributed by atoms with Crippen LogP contribution in [0.2, 0.25) is 5.15 Å². The van der Waals surface area contributed by atoms with E-state index in [1.165, 1.54) is 0 Å². The number of pyridine rings is 1. The van der Waals surface area contributed by atoms with E-state index in [1.54, 1.807) is 6.07 Å². The number of hydrogen-bond acceptors (Lipinski definition) is 4. The molecule has 0 radical (unpaired) electrons. The molecule has 4 nitrogen and oxygen atoms in total. The molecule has 0 aromatic carbocycles. The van der Waals surface area contributed by atoms with Crippen molar-refractivity contribution in [3.8, 4) is 5.75 Å². The van der Waals surface area contributed by atoms with E-state index in [-0.39, 0.29) is 12.1 Å². The van der Waals surface area contributed by atoms with Gasteiger partial charge in [0.2, 0.25) is 0 Å². The fourth-order valence-corrected chi connectivity index (χ4v) is 2.17. The first-order valence-electron chi connectivity index (χ1n) is 5.51. The molecule has 1 aliphatic rings. The zero-order valence-corrected chi connectivity index (χ0v) is 10.7. The van der Waals surface area contributed by atoms with E-state index in [9.17, 15) is 4.79 Å². The lowest BCUT2D eigenvalue weighted by molar-refractivity contribution is -0.109. The summed E-state index contributed by atoms with van der Waals surface area (Å²) in [5, 5.41) is 0.317. The third-order valence-electron chi connectivity index (χ3n) is 3.18. The lowest BCUT2D eigenvalue weighted by Gasteiger charge is -2.23. The molecule has 2 rings (SSSR count). The summed E-state index contributed by atoms with van der Waals surface area (Å²) < 4.78 is 5.16. The number of aldehydes is 1. The van der Waals surface area contributed by atoms with E-state index in [1.807, 2.05) is 20.2 Å². The second-order valence-corrected chi connectivity index (χ2v) is 4.75. The van der Waals surface area contributed by atoms with Gasteiger partial charge in [-0.2, -0.15) is 0 Å². The fourth-order valence-electron chi connectivity index (χ4n) is 1.96. The van der Waals surface area contributed by atoms with Crippen LogP contribution in [0, 0.1) is 0 Å². The van der Waals surface area contributed by atoms with Crippen LogP contribution in [0.4, 0.5) is 0 Å². The SMILES string of the molecule is CN(C)C1(c2ccc(OCC=O)c(Cl)n2)CC1. The Morgan fingerprint density at radius 3 is 2.71 bits per heavy atom. The van der Waals surface area contributed by atoms with E-state index in [4.69, 9.17) is 16.3 Å². The molecule has 17 heavy (non-hydrogen) atoms. The third kappa shape index (κ3) is 2.28. The van der Waals surface area contributed by atoms with Gasteiger partial charge in [0, 0.05) is 0 Å². The summed E-state index contributed by atoms with van der Waals surface area (Å²) in [6, 6.07) is 3.69. The molecule has 0 amide bonds. The van der Waals surface area contributed by atoms with Crippen LogP contribution in [-0.4, -0.2) is 36.9 Å². The second kappa shape index (κ2) is 4.63. The first kappa shape index (κ1) is 12.3. The Bertz CT molecular complexity index is 431. The van der Waals surface area contributed by atoms with Crippen molar-refractivity contribution in [2.45, 2.75) is 18.4 Å². The molecule has 0 saturated heterocycles. The Morgan fingerprint density at radius 2 is 2.24 bits per heavy atom. The van der Waals surface area contributed by atoms with Crippen LogP contribution in [0.5, 0.6) is 5.75 Å². The first-order chi connectivity index (χ1) is 8.10. The number of hydrogen-bond donors (Lipinski definition) is 0. The predicted octanol–water partition coefficient (Wildman–Crippen LogP) is 1.86. The number of carbonyl (C=O) groups is 1. The highest BCUT2D eigenvalue weighted by Crippen LogP contribution is 2.49. The minimum Gasteiger partial charge on any atom is -0.483 e. The number of carbonyl (C=O) groups excluding carboxylic acids is 1. The van der Waals surface area contributed by atoms with Crippen LogP contribution in [0.25, 0.3) is 0 Å². The maximum absolute atomic E-state index is 10.2. The largest absolute Gasteiger partial charge is 0.483 e. The minimum atomic E-state index is -0.000427. The van der Waals surface area contributed by atoms with Crippen molar-refractivity contribution in [3.05, 3.63) is 23.0 Å². The molecule has 0 atom stereocenters. The lowest BCUT2D eigenvalue weighted by Crippen LogP contribution is -2.28. The van der Waals surface area contributed by atoms with Gasteiger partial charge in [0.15, 0.2) is 17.2 Å². The molecule has 1 heterocycles. The van der Waals surface area contributed by atoms with E-state index < -0.39 is 0 Å². The molecular formula is C12H15ClN2O2. The van der Waals surface area contributed by atoms with Gasteiger partial charge in [0.25, 0.3) is 0 Å². The van der Waals surface area contributed by atoms with Crippen molar-refractivity contribution in [1.82, 2.24) is 9.88 Å². The summed E-state index contributed by atoms with van der Waals surface area (Å²) in [4.78, 5) is 16.7. The van der Waals surface area contributed by atoms with Crippen molar-refractivity contribution >= 4 is 17.9 Å². The highest BCUT2D eigenvalue weighted by molar-refractivity contribution is 6.30. The van der Waals surface area contributed by atoms with E-state index >= 15 is 0 Å². The van der Waals surface area contributed by atoms with Crippen LogP contribution >= 0.6 is 11.6 Å².